The molecule has 2 atom stereocenters. The molecule has 0 amide bonds. The summed E-state index contributed by atoms with van der Waals surface area (Å²) in [6.07, 6.45) is 0.334. The van der Waals surface area contributed by atoms with Gasteiger partial charge in [0.2, 0.25) is 0 Å². The maximum atomic E-state index is 11.0. The minimum absolute atomic E-state index is 0.334. The molecule has 0 aliphatic carbocycles. The number of carboxylic acid groups (broad SMARTS) is 1. The zero-order valence-electron chi connectivity index (χ0n) is 10.00. The molecule has 1 fully saturated rings. The summed E-state index contributed by atoms with van der Waals surface area (Å²) in [6, 6.07) is 0. The van der Waals surface area contributed by atoms with Gasteiger partial charge in [-0.3, -0.25) is 4.79 Å². The van der Waals surface area contributed by atoms with E-state index in [0.717, 1.165) is 0 Å². The molecule has 88 valence electrons. The summed E-state index contributed by atoms with van der Waals surface area (Å²) in [4.78, 5) is 11.0. The Labute approximate surface area is 90.2 Å². The maximum absolute atomic E-state index is 11.0. The van der Waals surface area contributed by atoms with Crippen molar-refractivity contribution in [1.82, 2.24) is 0 Å². The van der Waals surface area contributed by atoms with Gasteiger partial charge < -0.3 is 14.9 Å². The Morgan fingerprint density at radius 1 is 1.33 bits per heavy atom. The Bertz CT molecular complexity index is 282. The number of carbonyl (C=O) groups is 1. The zero-order chi connectivity index (χ0) is 12.1. The van der Waals surface area contributed by atoms with Crippen LogP contribution in [0.4, 0.5) is 0 Å². The van der Waals surface area contributed by atoms with Crippen LogP contribution >= 0.6 is 0 Å². The SMILES string of the molecule is CC(C(=O)O)C1(O)CC(C)(C)OC1(C)C. The Morgan fingerprint density at radius 3 is 2.07 bits per heavy atom. The third kappa shape index (κ3) is 1.88. The molecule has 1 aliphatic heterocycles. The average Bonchev–Trinajstić information content (AvgIpc) is 2.14. The van der Waals surface area contributed by atoms with Gasteiger partial charge in [0.05, 0.1) is 17.1 Å². The average molecular weight is 216 g/mol. The summed E-state index contributed by atoms with van der Waals surface area (Å²) >= 11 is 0. The lowest BCUT2D eigenvalue weighted by atomic mass is 9.74. The third-order valence-corrected chi connectivity index (χ3v) is 3.36. The quantitative estimate of drug-likeness (QED) is 0.732. The van der Waals surface area contributed by atoms with E-state index in [1.165, 1.54) is 6.92 Å². The van der Waals surface area contributed by atoms with Gasteiger partial charge in [0, 0.05) is 6.42 Å². The fourth-order valence-electron chi connectivity index (χ4n) is 2.56. The molecule has 1 aliphatic rings. The topological polar surface area (TPSA) is 66.8 Å². The molecule has 0 spiro atoms. The van der Waals surface area contributed by atoms with Gasteiger partial charge in [0.15, 0.2) is 0 Å². The largest absolute Gasteiger partial charge is 0.481 e. The molecule has 0 aromatic rings. The highest BCUT2D eigenvalue weighted by atomic mass is 16.5. The molecular weight excluding hydrogens is 196 g/mol. The number of aliphatic hydroxyl groups is 1. The summed E-state index contributed by atoms with van der Waals surface area (Å²) in [7, 11) is 0. The fraction of sp³-hybridized carbons (Fsp3) is 0.909. The Hall–Kier alpha value is -0.610. The van der Waals surface area contributed by atoms with Crippen LogP contribution in [0, 0.1) is 5.92 Å². The fourth-order valence-corrected chi connectivity index (χ4v) is 2.56. The van der Waals surface area contributed by atoms with Gasteiger partial charge in [0.1, 0.15) is 5.60 Å². The summed E-state index contributed by atoms with van der Waals surface area (Å²) in [6.45, 7) is 8.72. The standard InChI is InChI=1S/C11H20O4/c1-7(8(12)13)11(14)6-9(2,3)15-10(11,4)5/h7,14H,6H2,1-5H3,(H,12,13). The van der Waals surface area contributed by atoms with Gasteiger partial charge in [-0.05, 0) is 34.6 Å². The molecule has 4 heteroatoms. The van der Waals surface area contributed by atoms with E-state index in [0.29, 0.717) is 6.42 Å². The molecule has 2 N–H and O–H groups in total. The van der Waals surface area contributed by atoms with Crippen LogP contribution in [-0.4, -0.2) is 33.0 Å². The highest BCUT2D eigenvalue weighted by Crippen LogP contribution is 2.48. The number of aliphatic carboxylic acids is 1. The van der Waals surface area contributed by atoms with E-state index in [9.17, 15) is 9.90 Å². The smallest absolute Gasteiger partial charge is 0.309 e. The van der Waals surface area contributed by atoms with Crippen molar-refractivity contribution < 1.29 is 19.7 Å². The predicted molar refractivity (Wildman–Crippen MR) is 55.6 cm³/mol. The van der Waals surface area contributed by atoms with Crippen LogP contribution in [0.2, 0.25) is 0 Å². The molecule has 15 heavy (non-hydrogen) atoms. The second-order valence-electron chi connectivity index (χ2n) is 5.53. The second-order valence-corrected chi connectivity index (χ2v) is 5.53. The summed E-state index contributed by atoms with van der Waals surface area (Å²) < 4.78 is 5.71. The van der Waals surface area contributed by atoms with Crippen LogP contribution in [0.3, 0.4) is 0 Å². The minimum Gasteiger partial charge on any atom is -0.481 e. The van der Waals surface area contributed by atoms with Crippen LogP contribution in [0.15, 0.2) is 0 Å². The number of carboxylic acids is 1. The van der Waals surface area contributed by atoms with Crippen molar-refractivity contribution in [2.45, 2.75) is 57.8 Å². The molecule has 0 aromatic heterocycles. The number of hydrogen-bond donors (Lipinski definition) is 2. The molecule has 1 heterocycles. The normalized spacial score (nSPS) is 35.1. The van der Waals surface area contributed by atoms with Gasteiger partial charge in [-0.2, -0.15) is 0 Å². The van der Waals surface area contributed by atoms with E-state index in [1.54, 1.807) is 13.8 Å². The van der Waals surface area contributed by atoms with E-state index >= 15 is 0 Å². The van der Waals surface area contributed by atoms with Crippen molar-refractivity contribution >= 4 is 5.97 Å². The van der Waals surface area contributed by atoms with Crippen molar-refractivity contribution in [2.75, 3.05) is 0 Å². The van der Waals surface area contributed by atoms with Gasteiger partial charge in [-0.15, -0.1) is 0 Å². The van der Waals surface area contributed by atoms with Crippen LogP contribution in [0.5, 0.6) is 0 Å². The first-order valence-electron chi connectivity index (χ1n) is 5.17. The van der Waals surface area contributed by atoms with Crippen molar-refractivity contribution in [3.63, 3.8) is 0 Å². The van der Waals surface area contributed by atoms with Gasteiger partial charge in [0.25, 0.3) is 0 Å². The predicted octanol–water partition coefficient (Wildman–Crippen LogP) is 1.42. The Kier molecular flexibility index (Phi) is 2.65. The Balaban J connectivity index is 3.08. The van der Waals surface area contributed by atoms with Crippen molar-refractivity contribution in [3.8, 4) is 0 Å². The Morgan fingerprint density at radius 2 is 1.80 bits per heavy atom. The molecule has 2 unspecified atom stereocenters. The van der Waals surface area contributed by atoms with Crippen LogP contribution < -0.4 is 0 Å². The van der Waals surface area contributed by atoms with E-state index < -0.39 is 28.7 Å². The van der Waals surface area contributed by atoms with Crippen molar-refractivity contribution in [1.29, 1.82) is 0 Å². The van der Waals surface area contributed by atoms with Crippen molar-refractivity contribution in [3.05, 3.63) is 0 Å². The lowest BCUT2D eigenvalue weighted by Gasteiger charge is -2.37. The molecule has 1 rings (SSSR count). The zero-order valence-corrected chi connectivity index (χ0v) is 10.00. The highest BCUT2D eigenvalue weighted by molar-refractivity contribution is 5.71. The monoisotopic (exact) mass is 216 g/mol. The number of rotatable bonds is 2. The van der Waals surface area contributed by atoms with Crippen molar-refractivity contribution in [2.24, 2.45) is 5.92 Å². The first kappa shape index (κ1) is 12.5. The van der Waals surface area contributed by atoms with Gasteiger partial charge in [-0.1, -0.05) is 0 Å². The lowest BCUT2D eigenvalue weighted by molar-refractivity contribution is -0.170. The number of ether oxygens (including phenoxy) is 1. The molecule has 0 saturated carbocycles. The second kappa shape index (κ2) is 3.19. The molecule has 1 saturated heterocycles. The summed E-state index contributed by atoms with van der Waals surface area (Å²) in [5, 5.41) is 19.5. The van der Waals surface area contributed by atoms with Gasteiger partial charge >= 0.3 is 5.97 Å². The first-order valence-corrected chi connectivity index (χ1v) is 5.17. The third-order valence-electron chi connectivity index (χ3n) is 3.36. The maximum Gasteiger partial charge on any atom is 0.309 e. The molecular formula is C11H20O4. The first-order chi connectivity index (χ1) is 6.52. The highest BCUT2D eigenvalue weighted by Gasteiger charge is 2.60. The molecule has 0 bridgehead atoms. The van der Waals surface area contributed by atoms with E-state index in [4.69, 9.17) is 9.84 Å². The van der Waals surface area contributed by atoms with E-state index in [1.807, 2.05) is 13.8 Å². The summed E-state index contributed by atoms with van der Waals surface area (Å²) in [5.41, 5.74) is -2.64. The van der Waals surface area contributed by atoms with Crippen LogP contribution in [-0.2, 0) is 9.53 Å². The van der Waals surface area contributed by atoms with E-state index in [-0.39, 0.29) is 0 Å². The van der Waals surface area contributed by atoms with Crippen LogP contribution in [0.25, 0.3) is 0 Å². The lowest BCUT2D eigenvalue weighted by Crippen LogP contribution is -2.53. The van der Waals surface area contributed by atoms with E-state index in [2.05, 4.69) is 0 Å². The molecule has 0 radical (unpaired) electrons. The minimum atomic E-state index is -1.32. The van der Waals surface area contributed by atoms with Gasteiger partial charge in [-0.25, -0.2) is 0 Å². The number of hydrogen-bond acceptors (Lipinski definition) is 3. The molecule has 4 nitrogen and oxygen atoms in total. The molecule has 0 aromatic carbocycles. The van der Waals surface area contributed by atoms with Crippen LogP contribution in [0.1, 0.15) is 41.0 Å². The summed E-state index contributed by atoms with van der Waals surface area (Å²) in [5.74, 6) is -1.83.